The van der Waals surface area contributed by atoms with Gasteiger partial charge in [-0.2, -0.15) is 0 Å². The molecule has 2 rings (SSSR count). The molecule has 0 aliphatic rings. The smallest absolute Gasteiger partial charge is 0.340 e. The molecule has 0 aromatic heterocycles. The van der Waals surface area contributed by atoms with Crippen LogP contribution in [0.4, 0.5) is 5.69 Å². The normalized spacial score (nSPS) is 12.3. The summed E-state index contributed by atoms with van der Waals surface area (Å²) < 4.78 is 32.4. The fourth-order valence-electron chi connectivity index (χ4n) is 2.03. The number of esters is 1. The second kappa shape index (κ2) is 7.76. The lowest BCUT2D eigenvalue weighted by Gasteiger charge is -2.13. The van der Waals surface area contributed by atoms with Crippen molar-refractivity contribution in [1.29, 1.82) is 0 Å². The summed E-state index contributed by atoms with van der Waals surface area (Å²) in [5.41, 5.74) is 6.12. The number of halogens is 1. The highest BCUT2D eigenvalue weighted by Crippen LogP contribution is 2.24. The van der Waals surface area contributed by atoms with Gasteiger partial charge in [-0.25, -0.2) is 13.2 Å². The molecule has 0 aliphatic carbocycles. The van der Waals surface area contributed by atoms with Gasteiger partial charge in [0.15, 0.2) is 6.10 Å². The Bertz CT molecular complexity index is 959. The topological polar surface area (TPSA) is 116 Å². The van der Waals surface area contributed by atoms with Crippen LogP contribution in [0, 0.1) is 6.92 Å². The van der Waals surface area contributed by atoms with Crippen LogP contribution < -0.4 is 10.5 Å². The predicted molar refractivity (Wildman–Crippen MR) is 97.5 cm³/mol. The van der Waals surface area contributed by atoms with Gasteiger partial charge in [0, 0.05) is 5.69 Å². The van der Waals surface area contributed by atoms with Crippen molar-refractivity contribution in [3.63, 3.8) is 0 Å². The fraction of sp³-hybridized carbons (Fsp3) is 0.176. The zero-order chi connectivity index (χ0) is 19.5. The van der Waals surface area contributed by atoms with Crippen molar-refractivity contribution in [1.82, 2.24) is 0 Å². The van der Waals surface area contributed by atoms with Gasteiger partial charge in [-0.05, 0) is 49.7 Å². The van der Waals surface area contributed by atoms with Crippen LogP contribution in [-0.4, -0.2) is 26.4 Å². The van der Waals surface area contributed by atoms with E-state index in [1.807, 2.05) is 13.0 Å². The Balaban J connectivity index is 2.33. The summed E-state index contributed by atoms with van der Waals surface area (Å²) in [4.78, 5) is 23.0. The zero-order valence-corrected chi connectivity index (χ0v) is 15.6. The number of rotatable bonds is 6. The highest BCUT2D eigenvalue weighted by atomic mass is 35.5. The number of benzene rings is 2. The lowest BCUT2D eigenvalue weighted by atomic mass is 10.2. The Morgan fingerprint density at radius 3 is 2.50 bits per heavy atom. The van der Waals surface area contributed by atoms with Crippen molar-refractivity contribution < 1.29 is 22.7 Å². The maximum absolute atomic E-state index is 12.5. The zero-order valence-electron chi connectivity index (χ0n) is 14.0. The summed E-state index contributed by atoms with van der Waals surface area (Å²) in [5.74, 6) is -1.78. The standard InChI is InChI=1S/C17H17ClN2O5S/c1-10-4-3-5-12(8-10)20-26(23,24)13-6-7-15(18)14(9-13)17(22)25-11(2)16(19)21/h3-9,11,20H,1-2H3,(H2,19,21). The van der Waals surface area contributed by atoms with Crippen LogP contribution >= 0.6 is 11.6 Å². The second-order valence-corrected chi connectivity index (χ2v) is 7.66. The maximum Gasteiger partial charge on any atom is 0.340 e. The minimum atomic E-state index is -3.96. The van der Waals surface area contributed by atoms with Crippen molar-refractivity contribution in [3.8, 4) is 0 Å². The SMILES string of the molecule is Cc1cccc(NS(=O)(=O)c2ccc(Cl)c(C(=O)OC(C)C(N)=O)c2)c1. The van der Waals surface area contributed by atoms with E-state index in [1.54, 1.807) is 18.2 Å². The van der Waals surface area contributed by atoms with Crippen LogP contribution in [0.25, 0.3) is 0 Å². The molecule has 0 saturated heterocycles. The first-order valence-corrected chi connectivity index (χ1v) is 9.35. The van der Waals surface area contributed by atoms with Crippen LogP contribution in [0.15, 0.2) is 47.4 Å². The molecule has 0 aliphatic heterocycles. The summed E-state index contributed by atoms with van der Waals surface area (Å²) in [6, 6.07) is 10.4. The molecule has 0 fully saturated rings. The molecule has 0 heterocycles. The number of hydrogen-bond acceptors (Lipinski definition) is 5. The first-order valence-electron chi connectivity index (χ1n) is 7.49. The maximum atomic E-state index is 12.5. The third-order valence-corrected chi connectivity index (χ3v) is 5.13. The van der Waals surface area contributed by atoms with E-state index in [9.17, 15) is 18.0 Å². The Morgan fingerprint density at radius 1 is 1.19 bits per heavy atom. The number of ether oxygens (including phenoxy) is 1. The molecular weight excluding hydrogens is 380 g/mol. The van der Waals surface area contributed by atoms with Gasteiger partial charge in [-0.1, -0.05) is 23.7 Å². The van der Waals surface area contributed by atoms with Crippen LogP contribution in [0.5, 0.6) is 0 Å². The molecule has 0 bridgehead atoms. The van der Waals surface area contributed by atoms with Crippen molar-refractivity contribution >= 4 is 39.2 Å². The summed E-state index contributed by atoms with van der Waals surface area (Å²) in [7, 11) is -3.96. The second-order valence-electron chi connectivity index (χ2n) is 5.57. The number of sulfonamides is 1. The number of nitrogens with two attached hydrogens (primary N) is 1. The molecule has 9 heteroatoms. The molecule has 26 heavy (non-hydrogen) atoms. The lowest BCUT2D eigenvalue weighted by Crippen LogP contribution is -2.30. The van der Waals surface area contributed by atoms with Crippen molar-refractivity contribution in [3.05, 3.63) is 58.6 Å². The largest absolute Gasteiger partial charge is 0.449 e. The Morgan fingerprint density at radius 2 is 1.88 bits per heavy atom. The fourth-order valence-corrected chi connectivity index (χ4v) is 3.30. The number of carbonyl (C=O) groups is 2. The van der Waals surface area contributed by atoms with E-state index in [4.69, 9.17) is 22.1 Å². The first-order chi connectivity index (χ1) is 12.1. The molecule has 1 amide bonds. The van der Waals surface area contributed by atoms with Crippen molar-refractivity contribution in [2.75, 3.05) is 4.72 Å². The van der Waals surface area contributed by atoms with E-state index in [0.29, 0.717) is 5.69 Å². The van der Waals surface area contributed by atoms with Crippen molar-refractivity contribution in [2.24, 2.45) is 5.73 Å². The molecular formula is C17H17ClN2O5S. The van der Waals surface area contributed by atoms with Crippen molar-refractivity contribution in [2.45, 2.75) is 24.8 Å². The highest BCUT2D eigenvalue weighted by molar-refractivity contribution is 7.92. The number of amides is 1. The van der Waals surface area contributed by atoms with Crippen LogP contribution in [0.1, 0.15) is 22.8 Å². The highest BCUT2D eigenvalue weighted by Gasteiger charge is 2.22. The molecule has 2 aromatic carbocycles. The molecule has 138 valence electrons. The van der Waals surface area contributed by atoms with E-state index in [-0.39, 0.29) is 15.5 Å². The van der Waals surface area contributed by atoms with Gasteiger partial charge in [0.1, 0.15) is 0 Å². The van der Waals surface area contributed by atoms with E-state index < -0.39 is 28.0 Å². The van der Waals surface area contributed by atoms with Gasteiger partial charge in [0.2, 0.25) is 0 Å². The molecule has 3 N–H and O–H groups in total. The van der Waals surface area contributed by atoms with Crippen LogP contribution in [-0.2, 0) is 19.6 Å². The first kappa shape index (κ1) is 19.7. The summed E-state index contributed by atoms with van der Waals surface area (Å²) in [5, 5.41) is -0.0128. The van der Waals surface area contributed by atoms with Gasteiger partial charge in [0.05, 0.1) is 15.5 Å². The lowest BCUT2D eigenvalue weighted by molar-refractivity contribution is -0.125. The number of aryl methyl sites for hydroxylation is 1. The molecule has 2 aromatic rings. The van der Waals surface area contributed by atoms with Gasteiger partial charge in [-0.3, -0.25) is 9.52 Å². The Labute approximate surface area is 156 Å². The van der Waals surface area contributed by atoms with Gasteiger partial charge in [-0.15, -0.1) is 0 Å². The van der Waals surface area contributed by atoms with Gasteiger partial charge >= 0.3 is 5.97 Å². The molecule has 1 unspecified atom stereocenters. The average Bonchev–Trinajstić information content (AvgIpc) is 2.54. The molecule has 7 nitrogen and oxygen atoms in total. The van der Waals surface area contributed by atoms with E-state index in [0.717, 1.165) is 11.6 Å². The third kappa shape index (κ3) is 4.74. The summed E-state index contributed by atoms with van der Waals surface area (Å²) in [6.07, 6.45) is -1.18. The van der Waals surface area contributed by atoms with Gasteiger partial charge < -0.3 is 10.5 Å². The number of hydrogen-bond donors (Lipinski definition) is 2. The van der Waals surface area contributed by atoms with E-state index in [2.05, 4.69) is 4.72 Å². The number of nitrogens with one attached hydrogen (secondary N) is 1. The Kier molecular flexibility index (Phi) is 5.89. The number of primary amides is 1. The van der Waals surface area contributed by atoms with E-state index in [1.165, 1.54) is 19.1 Å². The molecule has 1 atom stereocenters. The summed E-state index contributed by atoms with van der Waals surface area (Å²) in [6.45, 7) is 3.13. The molecule has 0 saturated carbocycles. The Hall–Kier alpha value is -2.58. The summed E-state index contributed by atoms with van der Waals surface area (Å²) >= 11 is 5.95. The predicted octanol–water partition coefficient (Wildman–Crippen LogP) is 2.48. The number of anilines is 1. The quantitative estimate of drug-likeness (QED) is 0.727. The third-order valence-electron chi connectivity index (χ3n) is 3.42. The van der Waals surface area contributed by atoms with Crippen LogP contribution in [0.2, 0.25) is 5.02 Å². The average molecular weight is 397 g/mol. The van der Waals surface area contributed by atoms with Crippen LogP contribution in [0.3, 0.4) is 0 Å². The monoisotopic (exact) mass is 396 g/mol. The molecule has 0 spiro atoms. The minimum Gasteiger partial charge on any atom is -0.449 e. The number of carbonyl (C=O) groups excluding carboxylic acids is 2. The minimum absolute atomic E-state index is 0.0128. The van der Waals surface area contributed by atoms with E-state index >= 15 is 0 Å². The van der Waals surface area contributed by atoms with Gasteiger partial charge in [0.25, 0.3) is 15.9 Å². The molecule has 0 radical (unpaired) electrons.